The minimum Gasteiger partial charge on any atom is -0.493 e. The Labute approximate surface area is 167 Å². The number of rotatable bonds is 7. The highest BCUT2D eigenvalue weighted by Gasteiger charge is 2.30. The summed E-state index contributed by atoms with van der Waals surface area (Å²) in [5.41, 5.74) is 0.605. The number of benzene rings is 1. The fourth-order valence-corrected chi connectivity index (χ4v) is 2.72. The van der Waals surface area contributed by atoms with E-state index in [1.54, 1.807) is 12.1 Å². The zero-order valence-corrected chi connectivity index (χ0v) is 16.1. The molecule has 1 unspecified atom stereocenters. The number of amides is 2. The molecule has 0 radical (unpaired) electrons. The zero-order chi connectivity index (χ0) is 20.9. The first kappa shape index (κ1) is 20.1. The number of nitrogens with one attached hydrogen (secondary N) is 2. The average Bonchev–Trinajstić information content (AvgIpc) is 2.73. The van der Waals surface area contributed by atoms with E-state index >= 15 is 0 Å². The van der Waals surface area contributed by atoms with Crippen molar-refractivity contribution in [2.75, 3.05) is 20.8 Å². The van der Waals surface area contributed by atoms with E-state index in [4.69, 9.17) is 14.2 Å². The van der Waals surface area contributed by atoms with Crippen molar-refractivity contribution in [3.8, 4) is 17.4 Å². The molecule has 0 saturated heterocycles. The van der Waals surface area contributed by atoms with E-state index < -0.39 is 11.8 Å². The Hall–Kier alpha value is -3.62. The lowest BCUT2D eigenvalue weighted by atomic mass is 10.1. The third kappa shape index (κ3) is 4.63. The van der Waals surface area contributed by atoms with Gasteiger partial charge in [-0.1, -0.05) is 6.08 Å². The second-order valence-electron chi connectivity index (χ2n) is 6.14. The Morgan fingerprint density at radius 1 is 1.31 bits per heavy atom. The van der Waals surface area contributed by atoms with E-state index in [1.165, 1.54) is 44.9 Å². The number of hydrogen-bond donors (Lipinski definition) is 2. The van der Waals surface area contributed by atoms with E-state index in [0.717, 1.165) is 0 Å². The van der Waals surface area contributed by atoms with Gasteiger partial charge in [0.2, 0.25) is 11.7 Å². The van der Waals surface area contributed by atoms with Gasteiger partial charge in [-0.05, 0) is 24.3 Å². The van der Waals surface area contributed by atoms with Crippen LogP contribution in [0.15, 0.2) is 55.1 Å². The van der Waals surface area contributed by atoms with Gasteiger partial charge in [0.25, 0.3) is 0 Å². The van der Waals surface area contributed by atoms with E-state index in [9.17, 15) is 9.18 Å². The summed E-state index contributed by atoms with van der Waals surface area (Å²) >= 11 is 0. The molecule has 1 atom stereocenters. The Morgan fingerprint density at radius 3 is 2.72 bits per heavy atom. The molecule has 0 aliphatic heterocycles. The molecule has 2 amide bonds. The molecule has 1 aromatic carbocycles. The van der Waals surface area contributed by atoms with Crippen molar-refractivity contribution in [3.05, 3.63) is 55.1 Å². The summed E-state index contributed by atoms with van der Waals surface area (Å²) in [7, 11) is 3.06. The maximum absolute atomic E-state index is 14.8. The first-order valence-corrected chi connectivity index (χ1v) is 8.78. The number of halogens is 1. The third-order valence-electron chi connectivity index (χ3n) is 4.16. The highest BCUT2D eigenvalue weighted by atomic mass is 19.1. The number of hydrogen-bond acceptors (Lipinski definition) is 6. The van der Waals surface area contributed by atoms with Crippen LogP contribution in [0.2, 0.25) is 0 Å². The molecule has 8 nitrogen and oxygen atoms in total. The molecule has 9 heteroatoms. The van der Waals surface area contributed by atoms with Gasteiger partial charge in [0.15, 0.2) is 11.5 Å². The van der Waals surface area contributed by atoms with Crippen molar-refractivity contribution in [1.29, 1.82) is 0 Å². The van der Waals surface area contributed by atoms with Crippen LogP contribution in [0.5, 0.6) is 17.4 Å². The van der Waals surface area contributed by atoms with Crippen LogP contribution in [0.3, 0.4) is 0 Å². The zero-order valence-electron chi connectivity index (χ0n) is 16.1. The van der Waals surface area contributed by atoms with Gasteiger partial charge in [0.1, 0.15) is 12.1 Å². The summed E-state index contributed by atoms with van der Waals surface area (Å²) in [5.74, 6) is -0.298. The van der Waals surface area contributed by atoms with E-state index in [0.29, 0.717) is 28.2 Å². The molecule has 2 aromatic rings. The highest BCUT2D eigenvalue weighted by Crippen LogP contribution is 2.35. The fourth-order valence-electron chi connectivity index (χ4n) is 2.72. The molecule has 1 aliphatic carbocycles. The van der Waals surface area contributed by atoms with Gasteiger partial charge in [-0.2, -0.15) is 0 Å². The molecule has 1 heterocycles. The van der Waals surface area contributed by atoms with Gasteiger partial charge in [-0.3, -0.25) is 0 Å². The molecule has 1 aromatic heterocycles. The Kier molecular flexibility index (Phi) is 5.96. The van der Waals surface area contributed by atoms with Gasteiger partial charge in [-0.25, -0.2) is 19.2 Å². The van der Waals surface area contributed by atoms with Crippen LogP contribution in [0, 0.1) is 0 Å². The number of methoxy groups -OCH3 is 2. The molecular weight excluding hydrogens is 379 g/mol. The first-order valence-electron chi connectivity index (χ1n) is 8.78. The standard InChI is InChI=1S/C20H21FN4O4/c1-4-9-22-19(26)25-20(21)7-5-13(6-8-20)29-18-14-10-16(27-2)17(28-3)11-15(14)23-12-24-18/h4-7,10-12H,1,8-9H2,2-3H3,(H2,22,25,26). The lowest BCUT2D eigenvalue weighted by molar-refractivity contribution is 0.170. The SMILES string of the molecule is C=CCNC(=O)NC1(F)C=CC(Oc2ncnc3cc(OC)c(OC)cc23)=CC1. The summed E-state index contributed by atoms with van der Waals surface area (Å²) in [6, 6.07) is 2.80. The average molecular weight is 400 g/mol. The topological polar surface area (TPSA) is 94.6 Å². The monoisotopic (exact) mass is 400 g/mol. The van der Waals surface area contributed by atoms with Crippen molar-refractivity contribution in [3.63, 3.8) is 0 Å². The van der Waals surface area contributed by atoms with Crippen LogP contribution in [-0.4, -0.2) is 42.6 Å². The van der Waals surface area contributed by atoms with Gasteiger partial charge < -0.3 is 24.8 Å². The Balaban J connectivity index is 1.77. The molecule has 3 rings (SSSR count). The van der Waals surface area contributed by atoms with Crippen molar-refractivity contribution in [2.24, 2.45) is 0 Å². The number of ether oxygens (including phenoxy) is 3. The molecular formula is C20H21FN4O4. The summed E-state index contributed by atoms with van der Waals surface area (Å²) in [6.07, 6.45) is 6.96. The molecule has 0 spiro atoms. The summed E-state index contributed by atoms with van der Waals surface area (Å²) < 4.78 is 31.2. The number of urea groups is 1. The van der Waals surface area contributed by atoms with Crippen molar-refractivity contribution in [1.82, 2.24) is 20.6 Å². The molecule has 2 N–H and O–H groups in total. The van der Waals surface area contributed by atoms with Gasteiger partial charge in [-0.15, -0.1) is 6.58 Å². The maximum atomic E-state index is 14.8. The fraction of sp³-hybridized carbons (Fsp3) is 0.250. The van der Waals surface area contributed by atoms with Crippen LogP contribution in [0.1, 0.15) is 6.42 Å². The molecule has 1 aliphatic rings. The second kappa shape index (κ2) is 8.59. The van der Waals surface area contributed by atoms with Gasteiger partial charge in [0, 0.05) is 19.0 Å². The van der Waals surface area contributed by atoms with Crippen LogP contribution in [0.4, 0.5) is 9.18 Å². The molecule has 0 bridgehead atoms. The van der Waals surface area contributed by atoms with Crippen molar-refractivity contribution in [2.45, 2.75) is 12.2 Å². The molecule has 152 valence electrons. The largest absolute Gasteiger partial charge is 0.493 e. The number of aromatic nitrogens is 2. The molecule has 29 heavy (non-hydrogen) atoms. The number of carbonyl (C=O) groups excluding carboxylic acids is 1. The lowest BCUT2D eigenvalue weighted by Gasteiger charge is -2.25. The second-order valence-corrected chi connectivity index (χ2v) is 6.14. The van der Waals surface area contributed by atoms with Gasteiger partial charge >= 0.3 is 6.03 Å². The first-order chi connectivity index (χ1) is 14.0. The quantitative estimate of drug-likeness (QED) is 0.548. The Bertz CT molecular complexity index is 992. The summed E-state index contributed by atoms with van der Waals surface area (Å²) in [5, 5.41) is 5.34. The van der Waals surface area contributed by atoms with Crippen LogP contribution in [-0.2, 0) is 0 Å². The van der Waals surface area contributed by atoms with E-state index in [-0.39, 0.29) is 18.8 Å². The number of allylic oxidation sites excluding steroid dienone is 1. The van der Waals surface area contributed by atoms with E-state index in [2.05, 4.69) is 27.2 Å². The van der Waals surface area contributed by atoms with Crippen molar-refractivity contribution >= 4 is 16.9 Å². The van der Waals surface area contributed by atoms with Crippen LogP contribution < -0.4 is 24.8 Å². The predicted molar refractivity (Wildman–Crippen MR) is 106 cm³/mol. The predicted octanol–water partition coefficient (Wildman–Crippen LogP) is 3.02. The lowest BCUT2D eigenvalue weighted by Crippen LogP contribution is -2.48. The minimum atomic E-state index is -2.01. The number of carbonyl (C=O) groups is 1. The Morgan fingerprint density at radius 2 is 2.07 bits per heavy atom. The summed E-state index contributed by atoms with van der Waals surface area (Å²) in [4.78, 5) is 20.0. The normalized spacial score (nSPS) is 18.0. The third-order valence-corrected chi connectivity index (χ3v) is 4.16. The highest BCUT2D eigenvalue weighted by molar-refractivity contribution is 5.86. The number of alkyl halides is 1. The van der Waals surface area contributed by atoms with Crippen molar-refractivity contribution < 1.29 is 23.4 Å². The molecule has 0 fully saturated rings. The van der Waals surface area contributed by atoms with Gasteiger partial charge in [0.05, 0.1) is 25.1 Å². The molecule has 0 saturated carbocycles. The van der Waals surface area contributed by atoms with E-state index in [1.807, 2.05) is 0 Å². The van der Waals surface area contributed by atoms with Crippen LogP contribution in [0.25, 0.3) is 10.9 Å². The smallest absolute Gasteiger partial charge is 0.317 e. The summed E-state index contributed by atoms with van der Waals surface area (Å²) in [6.45, 7) is 3.73. The number of fused-ring (bicyclic) bond motifs is 1. The van der Waals surface area contributed by atoms with Crippen LogP contribution >= 0.6 is 0 Å². The maximum Gasteiger partial charge on any atom is 0.317 e. The minimum absolute atomic E-state index is 0.0967. The number of nitrogens with zero attached hydrogens (tertiary/aromatic N) is 2.